The first-order valence-corrected chi connectivity index (χ1v) is 11.9. The number of hydrogen-bond donors (Lipinski definition) is 1. The van der Waals surface area contributed by atoms with Gasteiger partial charge in [-0.05, 0) is 30.7 Å². The second-order valence-corrected chi connectivity index (χ2v) is 9.14. The SMILES string of the molecule is O=C(CCCNS(=O)(=O)c1ccc2c(c1)OCCO2)OCc1noc(-c2ccccc2Cl)n1. The monoisotopic (exact) mass is 493 g/mol. The van der Waals surface area contributed by atoms with E-state index in [1.165, 1.54) is 12.1 Å². The maximum Gasteiger partial charge on any atom is 0.306 e. The van der Waals surface area contributed by atoms with E-state index in [9.17, 15) is 13.2 Å². The van der Waals surface area contributed by atoms with Crippen LogP contribution in [0.5, 0.6) is 11.5 Å². The summed E-state index contributed by atoms with van der Waals surface area (Å²) in [6.45, 7) is 0.667. The van der Waals surface area contributed by atoms with Crippen LogP contribution in [0.1, 0.15) is 18.7 Å². The lowest BCUT2D eigenvalue weighted by atomic mass is 10.2. The van der Waals surface area contributed by atoms with E-state index in [0.717, 1.165) is 0 Å². The van der Waals surface area contributed by atoms with Crippen molar-refractivity contribution in [3.05, 3.63) is 53.3 Å². The third-order valence-electron chi connectivity index (χ3n) is 4.61. The van der Waals surface area contributed by atoms with Gasteiger partial charge in [0.05, 0.1) is 15.5 Å². The normalized spacial score (nSPS) is 13.0. The first kappa shape index (κ1) is 23.0. The number of nitrogens with one attached hydrogen (secondary N) is 1. The molecule has 0 aliphatic carbocycles. The zero-order chi connectivity index (χ0) is 23.3. The van der Waals surface area contributed by atoms with Crippen molar-refractivity contribution in [1.29, 1.82) is 0 Å². The number of nitrogens with zero attached hydrogens (tertiary/aromatic N) is 2. The highest BCUT2D eigenvalue weighted by atomic mass is 35.5. The molecule has 0 saturated carbocycles. The molecule has 4 rings (SSSR count). The van der Waals surface area contributed by atoms with Crippen LogP contribution in [-0.4, -0.2) is 44.3 Å². The van der Waals surface area contributed by atoms with Gasteiger partial charge >= 0.3 is 5.97 Å². The van der Waals surface area contributed by atoms with E-state index < -0.39 is 16.0 Å². The summed E-state index contributed by atoms with van der Waals surface area (Å²) >= 11 is 6.10. The van der Waals surface area contributed by atoms with Crippen LogP contribution in [0.3, 0.4) is 0 Å². The molecule has 0 fully saturated rings. The summed E-state index contributed by atoms with van der Waals surface area (Å²) in [5.41, 5.74) is 0.578. The van der Waals surface area contributed by atoms with Crippen LogP contribution in [-0.2, 0) is 26.2 Å². The average molecular weight is 494 g/mol. The maximum atomic E-state index is 12.5. The van der Waals surface area contributed by atoms with Crippen LogP contribution in [0.25, 0.3) is 11.5 Å². The molecule has 0 atom stereocenters. The Bertz CT molecular complexity index is 1250. The Kier molecular flexibility index (Phi) is 7.11. The minimum atomic E-state index is -3.75. The molecule has 0 amide bonds. The number of carbonyl (C=O) groups is 1. The van der Waals surface area contributed by atoms with Crippen molar-refractivity contribution in [3.8, 4) is 23.0 Å². The van der Waals surface area contributed by atoms with Gasteiger partial charge in [0, 0.05) is 19.0 Å². The fraction of sp³-hybridized carbons (Fsp3) is 0.286. The first-order chi connectivity index (χ1) is 15.9. The maximum absolute atomic E-state index is 12.5. The minimum Gasteiger partial charge on any atom is -0.486 e. The minimum absolute atomic E-state index is 0.0128. The zero-order valence-corrected chi connectivity index (χ0v) is 18.9. The molecule has 33 heavy (non-hydrogen) atoms. The number of rotatable bonds is 9. The predicted molar refractivity (Wildman–Crippen MR) is 116 cm³/mol. The topological polar surface area (TPSA) is 130 Å². The fourth-order valence-corrected chi connectivity index (χ4v) is 4.29. The molecule has 0 saturated heterocycles. The molecule has 1 aromatic heterocycles. The Morgan fingerprint density at radius 2 is 1.91 bits per heavy atom. The Labute approximate surface area is 194 Å². The molecule has 3 aromatic rings. The second kappa shape index (κ2) is 10.2. The molecule has 0 unspecified atom stereocenters. The highest BCUT2D eigenvalue weighted by Gasteiger charge is 2.19. The van der Waals surface area contributed by atoms with Gasteiger partial charge in [-0.15, -0.1) is 0 Å². The van der Waals surface area contributed by atoms with Crippen molar-refractivity contribution in [1.82, 2.24) is 14.9 Å². The van der Waals surface area contributed by atoms with E-state index in [0.29, 0.717) is 35.3 Å². The van der Waals surface area contributed by atoms with Gasteiger partial charge in [0.2, 0.25) is 15.8 Å². The summed E-state index contributed by atoms with van der Waals surface area (Å²) in [6.07, 6.45) is 0.263. The summed E-state index contributed by atoms with van der Waals surface area (Å²) in [5.74, 6) is 0.783. The van der Waals surface area contributed by atoms with E-state index in [1.54, 1.807) is 30.3 Å². The highest BCUT2D eigenvalue weighted by molar-refractivity contribution is 7.89. The predicted octanol–water partition coefficient (Wildman–Crippen LogP) is 2.96. The van der Waals surface area contributed by atoms with Crippen LogP contribution in [0, 0.1) is 0 Å². The summed E-state index contributed by atoms with van der Waals surface area (Å²) in [7, 11) is -3.75. The van der Waals surface area contributed by atoms with Gasteiger partial charge in [-0.3, -0.25) is 4.79 Å². The largest absolute Gasteiger partial charge is 0.486 e. The molecular formula is C21H20ClN3O7S. The van der Waals surface area contributed by atoms with Gasteiger partial charge in [-0.2, -0.15) is 4.98 Å². The number of esters is 1. The molecular weight excluding hydrogens is 474 g/mol. The van der Waals surface area contributed by atoms with E-state index in [1.807, 2.05) is 0 Å². The van der Waals surface area contributed by atoms with Crippen molar-refractivity contribution in [2.75, 3.05) is 19.8 Å². The van der Waals surface area contributed by atoms with Gasteiger partial charge < -0.3 is 18.7 Å². The van der Waals surface area contributed by atoms with Crippen LogP contribution in [0.15, 0.2) is 51.9 Å². The number of halogens is 1. The number of sulfonamides is 1. The highest BCUT2D eigenvalue weighted by Crippen LogP contribution is 2.32. The zero-order valence-electron chi connectivity index (χ0n) is 17.3. The molecule has 10 nitrogen and oxygen atoms in total. The first-order valence-electron chi connectivity index (χ1n) is 10.0. The smallest absolute Gasteiger partial charge is 0.306 e. The Hall–Kier alpha value is -3.15. The quantitative estimate of drug-likeness (QED) is 0.353. The van der Waals surface area contributed by atoms with E-state index in [2.05, 4.69) is 14.9 Å². The number of benzene rings is 2. The lowest BCUT2D eigenvalue weighted by Gasteiger charge is -2.18. The van der Waals surface area contributed by atoms with E-state index in [-0.39, 0.29) is 42.6 Å². The average Bonchev–Trinajstić information content (AvgIpc) is 3.29. The van der Waals surface area contributed by atoms with Gasteiger partial charge in [0.1, 0.15) is 13.2 Å². The van der Waals surface area contributed by atoms with Crippen molar-refractivity contribution in [3.63, 3.8) is 0 Å². The van der Waals surface area contributed by atoms with Crippen LogP contribution < -0.4 is 14.2 Å². The second-order valence-electron chi connectivity index (χ2n) is 6.96. The van der Waals surface area contributed by atoms with Crippen molar-refractivity contribution >= 4 is 27.6 Å². The lowest BCUT2D eigenvalue weighted by Crippen LogP contribution is -2.25. The summed E-state index contributed by atoms with van der Waals surface area (Å²) in [6, 6.07) is 11.4. The lowest BCUT2D eigenvalue weighted by molar-refractivity contribution is -0.145. The standard InChI is InChI=1S/C21H20ClN3O7S/c22-16-5-2-1-4-15(16)21-24-19(25-32-21)13-31-20(26)6-3-9-23-33(27,28)14-7-8-17-18(12-14)30-11-10-29-17/h1-2,4-5,7-8,12,23H,3,6,9-11,13H2. The number of carbonyl (C=O) groups excluding carboxylic acids is 1. The molecule has 174 valence electrons. The van der Waals surface area contributed by atoms with Crippen molar-refractivity contribution < 1.29 is 31.9 Å². The molecule has 1 aliphatic heterocycles. The van der Waals surface area contributed by atoms with Gasteiger partial charge in [-0.25, -0.2) is 13.1 Å². The molecule has 0 bridgehead atoms. The van der Waals surface area contributed by atoms with Crippen LogP contribution in [0.4, 0.5) is 0 Å². The number of aromatic nitrogens is 2. The van der Waals surface area contributed by atoms with Gasteiger partial charge in [0.15, 0.2) is 18.1 Å². The van der Waals surface area contributed by atoms with Crippen LogP contribution >= 0.6 is 11.6 Å². The summed E-state index contributed by atoms with van der Waals surface area (Å²) in [4.78, 5) is 16.2. The number of ether oxygens (including phenoxy) is 3. The van der Waals surface area contributed by atoms with Crippen LogP contribution in [0.2, 0.25) is 5.02 Å². The van der Waals surface area contributed by atoms with Gasteiger partial charge in [-0.1, -0.05) is 28.9 Å². The molecule has 1 aliphatic rings. The van der Waals surface area contributed by atoms with Gasteiger partial charge in [0.25, 0.3) is 5.89 Å². The molecule has 12 heteroatoms. The molecule has 0 spiro atoms. The van der Waals surface area contributed by atoms with E-state index >= 15 is 0 Å². The Morgan fingerprint density at radius 1 is 1.12 bits per heavy atom. The molecule has 2 heterocycles. The van der Waals surface area contributed by atoms with E-state index in [4.69, 9.17) is 30.3 Å². The third kappa shape index (κ3) is 5.81. The molecule has 1 N–H and O–H groups in total. The number of fused-ring (bicyclic) bond motifs is 1. The van der Waals surface area contributed by atoms with Crippen molar-refractivity contribution in [2.24, 2.45) is 0 Å². The Balaban J connectivity index is 1.21. The summed E-state index contributed by atoms with van der Waals surface area (Å²) in [5, 5.41) is 4.23. The Morgan fingerprint density at radius 3 is 2.73 bits per heavy atom. The summed E-state index contributed by atoms with van der Waals surface area (Å²) < 4.78 is 48.4. The molecule has 2 aromatic carbocycles. The fourth-order valence-electron chi connectivity index (χ4n) is 2.99. The van der Waals surface area contributed by atoms with Crippen molar-refractivity contribution in [2.45, 2.75) is 24.3 Å². The third-order valence-corrected chi connectivity index (χ3v) is 6.40. The molecule has 0 radical (unpaired) electrons. The number of hydrogen-bond acceptors (Lipinski definition) is 9.